The predicted octanol–water partition coefficient (Wildman–Crippen LogP) is 3.17. The second-order valence-electron chi connectivity index (χ2n) is 9.28. The van der Waals surface area contributed by atoms with Crippen molar-refractivity contribution >= 4 is 17.8 Å². The molecule has 0 unspecified atom stereocenters. The van der Waals surface area contributed by atoms with Crippen molar-refractivity contribution in [3.63, 3.8) is 0 Å². The maximum atomic E-state index is 13.0. The number of amides is 4. The van der Waals surface area contributed by atoms with Gasteiger partial charge in [-0.05, 0) is 42.6 Å². The predicted molar refractivity (Wildman–Crippen MR) is 107 cm³/mol. The highest BCUT2D eigenvalue weighted by molar-refractivity contribution is 6.09. The minimum absolute atomic E-state index is 0.197. The first kappa shape index (κ1) is 20.4. The van der Waals surface area contributed by atoms with Gasteiger partial charge in [-0.1, -0.05) is 51.1 Å². The van der Waals surface area contributed by atoms with Gasteiger partial charge in [-0.25, -0.2) is 4.79 Å². The van der Waals surface area contributed by atoms with Crippen molar-refractivity contribution in [2.24, 2.45) is 11.3 Å². The van der Waals surface area contributed by atoms with Crippen LogP contribution in [0.2, 0.25) is 0 Å². The van der Waals surface area contributed by atoms with E-state index in [1.807, 2.05) is 30.3 Å². The Bertz CT molecular complexity index is 746. The van der Waals surface area contributed by atoms with Crippen LogP contribution in [0.15, 0.2) is 30.3 Å². The number of hydrogen-bond acceptors (Lipinski definition) is 3. The quantitative estimate of drug-likeness (QED) is 0.810. The third kappa shape index (κ3) is 4.05. The molecule has 2 aliphatic rings. The van der Waals surface area contributed by atoms with E-state index in [4.69, 9.17) is 0 Å². The van der Waals surface area contributed by atoms with E-state index in [0.29, 0.717) is 25.3 Å². The number of urea groups is 1. The normalized spacial score (nSPS) is 25.1. The number of nitrogens with zero attached hydrogens (tertiary/aromatic N) is 2. The van der Waals surface area contributed by atoms with Gasteiger partial charge in [-0.15, -0.1) is 0 Å². The van der Waals surface area contributed by atoms with E-state index in [1.165, 1.54) is 0 Å². The summed E-state index contributed by atoms with van der Waals surface area (Å²) in [5.41, 5.74) is 0.382. The lowest BCUT2D eigenvalue weighted by Gasteiger charge is -2.40. The molecular formula is C22H31N3O3. The summed E-state index contributed by atoms with van der Waals surface area (Å²) in [6.07, 6.45) is 3.10. The monoisotopic (exact) mass is 385 g/mol. The van der Waals surface area contributed by atoms with Crippen LogP contribution in [0.5, 0.6) is 0 Å². The van der Waals surface area contributed by atoms with Crippen LogP contribution in [-0.2, 0) is 16.1 Å². The van der Waals surface area contributed by atoms with Gasteiger partial charge in [0.1, 0.15) is 12.1 Å². The van der Waals surface area contributed by atoms with E-state index in [0.717, 1.165) is 23.3 Å². The first-order valence-corrected chi connectivity index (χ1v) is 10.0. The number of carbonyl (C=O) groups is 3. The van der Waals surface area contributed by atoms with E-state index >= 15 is 0 Å². The lowest BCUT2D eigenvalue weighted by atomic mass is 9.67. The molecule has 28 heavy (non-hydrogen) atoms. The Morgan fingerprint density at radius 1 is 1.18 bits per heavy atom. The summed E-state index contributed by atoms with van der Waals surface area (Å²) >= 11 is 0. The SMILES string of the molecule is CN(Cc1ccccc1)C(=O)CN1C(=O)NC2(CCC(C(C)(C)C)CC2)C1=O. The fourth-order valence-electron chi connectivity index (χ4n) is 4.34. The lowest BCUT2D eigenvalue weighted by molar-refractivity contribution is -0.139. The molecule has 0 atom stereocenters. The fraction of sp³-hybridized carbons (Fsp3) is 0.591. The Morgan fingerprint density at radius 3 is 2.36 bits per heavy atom. The molecule has 1 N–H and O–H groups in total. The largest absolute Gasteiger partial charge is 0.340 e. The molecule has 1 heterocycles. The fourth-order valence-corrected chi connectivity index (χ4v) is 4.34. The molecule has 1 saturated carbocycles. The molecule has 1 aromatic rings. The van der Waals surface area contributed by atoms with Crippen LogP contribution in [0.25, 0.3) is 0 Å². The Morgan fingerprint density at radius 2 is 1.79 bits per heavy atom. The molecule has 1 aliphatic carbocycles. The molecule has 0 aromatic heterocycles. The number of rotatable bonds is 4. The van der Waals surface area contributed by atoms with Gasteiger partial charge in [0.2, 0.25) is 5.91 Å². The number of likely N-dealkylation sites (N-methyl/N-ethyl adjacent to an activating group) is 1. The van der Waals surface area contributed by atoms with Gasteiger partial charge in [0.05, 0.1) is 0 Å². The van der Waals surface area contributed by atoms with Crippen molar-refractivity contribution in [3.8, 4) is 0 Å². The van der Waals surface area contributed by atoms with Crippen LogP contribution < -0.4 is 5.32 Å². The zero-order valence-electron chi connectivity index (χ0n) is 17.3. The number of imide groups is 1. The Kier molecular flexibility index (Phi) is 5.50. The number of nitrogens with one attached hydrogen (secondary N) is 1. The van der Waals surface area contributed by atoms with E-state index in [9.17, 15) is 14.4 Å². The van der Waals surface area contributed by atoms with Gasteiger partial charge in [0, 0.05) is 13.6 Å². The second kappa shape index (κ2) is 7.57. The van der Waals surface area contributed by atoms with Crippen LogP contribution in [0.3, 0.4) is 0 Å². The summed E-state index contributed by atoms with van der Waals surface area (Å²) in [5, 5.41) is 2.90. The van der Waals surface area contributed by atoms with Crippen molar-refractivity contribution in [2.75, 3.05) is 13.6 Å². The highest BCUT2D eigenvalue weighted by Gasteiger charge is 2.53. The molecule has 0 bridgehead atoms. The van der Waals surface area contributed by atoms with Crippen LogP contribution in [0.4, 0.5) is 4.79 Å². The van der Waals surface area contributed by atoms with Gasteiger partial charge < -0.3 is 10.2 Å². The number of benzene rings is 1. The summed E-state index contributed by atoms with van der Waals surface area (Å²) in [7, 11) is 1.69. The molecule has 6 nitrogen and oxygen atoms in total. The third-order valence-electron chi connectivity index (χ3n) is 6.29. The summed E-state index contributed by atoms with van der Waals surface area (Å²) in [6, 6.07) is 9.21. The zero-order chi connectivity index (χ0) is 20.5. The Labute approximate surface area is 167 Å². The summed E-state index contributed by atoms with van der Waals surface area (Å²) < 4.78 is 0. The summed E-state index contributed by atoms with van der Waals surface area (Å²) in [5.74, 6) is 0.0506. The van der Waals surface area contributed by atoms with Crippen molar-refractivity contribution in [2.45, 2.75) is 58.5 Å². The smallest absolute Gasteiger partial charge is 0.325 e. The van der Waals surface area contributed by atoms with Crippen molar-refractivity contribution in [3.05, 3.63) is 35.9 Å². The third-order valence-corrected chi connectivity index (χ3v) is 6.29. The zero-order valence-corrected chi connectivity index (χ0v) is 17.3. The van der Waals surface area contributed by atoms with Gasteiger partial charge in [0.25, 0.3) is 5.91 Å². The van der Waals surface area contributed by atoms with Crippen LogP contribution in [0.1, 0.15) is 52.0 Å². The minimum atomic E-state index is -0.822. The second-order valence-corrected chi connectivity index (χ2v) is 9.28. The molecular weight excluding hydrogens is 354 g/mol. The first-order chi connectivity index (χ1) is 13.1. The molecule has 152 valence electrons. The van der Waals surface area contributed by atoms with Gasteiger partial charge >= 0.3 is 6.03 Å². The topological polar surface area (TPSA) is 69.7 Å². The summed E-state index contributed by atoms with van der Waals surface area (Å²) in [6.45, 7) is 6.90. The van der Waals surface area contributed by atoms with Gasteiger partial charge in [0.15, 0.2) is 0 Å². The van der Waals surface area contributed by atoms with E-state index in [1.54, 1.807) is 11.9 Å². The van der Waals surface area contributed by atoms with Crippen LogP contribution >= 0.6 is 0 Å². The molecule has 1 saturated heterocycles. The molecule has 0 radical (unpaired) electrons. The maximum Gasteiger partial charge on any atom is 0.325 e. The van der Waals surface area contributed by atoms with Gasteiger partial charge in [-0.2, -0.15) is 0 Å². The van der Waals surface area contributed by atoms with E-state index in [2.05, 4.69) is 26.1 Å². The molecule has 4 amide bonds. The highest BCUT2D eigenvalue weighted by Crippen LogP contribution is 2.43. The van der Waals surface area contributed by atoms with Crippen LogP contribution in [0, 0.1) is 11.3 Å². The average molecular weight is 386 g/mol. The average Bonchev–Trinajstić information content (AvgIpc) is 2.86. The standard InChI is InChI=1S/C22H31N3O3/c1-21(2,3)17-10-12-22(13-11-17)19(27)25(20(28)23-22)15-18(26)24(4)14-16-8-6-5-7-9-16/h5-9,17H,10-15H2,1-4H3,(H,23,28). The minimum Gasteiger partial charge on any atom is -0.340 e. The molecule has 3 rings (SSSR count). The molecule has 1 aliphatic heterocycles. The molecule has 1 spiro atoms. The highest BCUT2D eigenvalue weighted by atomic mass is 16.2. The summed E-state index contributed by atoms with van der Waals surface area (Å²) in [4.78, 5) is 40.8. The Balaban J connectivity index is 1.62. The van der Waals surface area contributed by atoms with Crippen LogP contribution in [-0.4, -0.2) is 46.8 Å². The van der Waals surface area contributed by atoms with E-state index in [-0.39, 0.29) is 23.8 Å². The van der Waals surface area contributed by atoms with Crippen molar-refractivity contribution in [1.82, 2.24) is 15.1 Å². The van der Waals surface area contributed by atoms with Gasteiger partial charge in [-0.3, -0.25) is 14.5 Å². The Hall–Kier alpha value is -2.37. The molecule has 6 heteroatoms. The maximum absolute atomic E-state index is 13.0. The molecule has 2 fully saturated rings. The first-order valence-electron chi connectivity index (χ1n) is 10.0. The van der Waals surface area contributed by atoms with Crippen molar-refractivity contribution in [1.29, 1.82) is 0 Å². The van der Waals surface area contributed by atoms with E-state index < -0.39 is 11.6 Å². The van der Waals surface area contributed by atoms with Crippen molar-refractivity contribution < 1.29 is 14.4 Å². The lowest BCUT2D eigenvalue weighted by Crippen LogP contribution is -2.51. The molecule has 1 aromatic carbocycles. The number of hydrogen-bond donors (Lipinski definition) is 1. The number of carbonyl (C=O) groups excluding carboxylic acids is 3.